The Bertz CT molecular complexity index is 474. The smallest absolute Gasteiger partial charge is 0.328 e. The minimum absolute atomic E-state index is 0.163. The number of H-pyrrole nitrogens is 1. The highest BCUT2D eigenvalue weighted by Gasteiger charge is 1.97. The number of aryl methyl sites for hydroxylation is 1. The highest BCUT2D eigenvalue weighted by atomic mass is 16.2. The van der Waals surface area contributed by atoms with Gasteiger partial charge in [-0.25, -0.2) is 4.79 Å². The van der Waals surface area contributed by atoms with Crippen LogP contribution in [0.25, 0.3) is 0 Å². The van der Waals surface area contributed by atoms with Gasteiger partial charge in [-0.05, 0) is 0 Å². The molecule has 5 nitrogen and oxygen atoms in total. The molecule has 0 atom stereocenters. The first-order valence-electron chi connectivity index (χ1n) is 4.55. The van der Waals surface area contributed by atoms with Crippen LogP contribution in [0, 0.1) is 11.8 Å². The zero-order chi connectivity index (χ0) is 11.8. The number of aromatic amines is 1. The van der Waals surface area contributed by atoms with E-state index in [2.05, 4.69) is 16.8 Å². The molecule has 0 aliphatic carbocycles. The minimum atomic E-state index is -0.538. The van der Waals surface area contributed by atoms with Crippen LogP contribution in [0.2, 0.25) is 0 Å². The molecule has 0 saturated carbocycles. The Morgan fingerprint density at radius 1 is 1.47 bits per heavy atom. The number of hydrogen-bond donors (Lipinski definition) is 2. The predicted octanol–water partition coefficient (Wildman–Crippen LogP) is -0.556. The largest absolute Gasteiger partial charge is 0.384 e. The van der Waals surface area contributed by atoms with E-state index in [-0.39, 0.29) is 12.2 Å². The van der Waals surface area contributed by atoms with Crippen molar-refractivity contribution in [2.24, 2.45) is 7.05 Å². The Morgan fingerprint density at radius 2 is 2.07 bits per heavy atom. The van der Waals surface area contributed by atoms with Crippen molar-refractivity contribution < 1.29 is 5.11 Å². The van der Waals surface area contributed by atoms with Crippen molar-refractivity contribution in [3.8, 4) is 11.8 Å². The quantitative estimate of drug-likeness (QED) is 0.564. The highest BCUT2D eigenvalue weighted by molar-refractivity contribution is 5.29. The van der Waals surface area contributed by atoms with Gasteiger partial charge in [0.2, 0.25) is 0 Å². The Balaban J connectivity index is 0.000000921. The van der Waals surface area contributed by atoms with E-state index in [1.807, 2.05) is 13.8 Å². The fourth-order valence-corrected chi connectivity index (χ4v) is 0.787. The lowest BCUT2D eigenvalue weighted by atomic mass is 10.3. The summed E-state index contributed by atoms with van der Waals surface area (Å²) >= 11 is 0. The molecule has 0 aliphatic rings. The van der Waals surface area contributed by atoms with E-state index >= 15 is 0 Å². The van der Waals surface area contributed by atoms with Crippen LogP contribution in [0.3, 0.4) is 0 Å². The van der Waals surface area contributed by atoms with E-state index in [0.717, 1.165) is 0 Å². The molecule has 0 radical (unpaired) electrons. The number of hydrogen-bond acceptors (Lipinski definition) is 3. The van der Waals surface area contributed by atoms with Gasteiger partial charge in [0.15, 0.2) is 0 Å². The first-order valence-corrected chi connectivity index (χ1v) is 4.55. The van der Waals surface area contributed by atoms with Gasteiger partial charge in [0.25, 0.3) is 5.56 Å². The van der Waals surface area contributed by atoms with Crippen LogP contribution >= 0.6 is 0 Å². The summed E-state index contributed by atoms with van der Waals surface area (Å²) in [7, 11) is 1.50. The molecule has 0 bridgehead atoms. The first-order chi connectivity index (χ1) is 7.15. The summed E-state index contributed by atoms with van der Waals surface area (Å²) in [4.78, 5) is 24.0. The first kappa shape index (κ1) is 13.2. The predicted molar refractivity (Wildman–Crippen MR) is 57.6 cm³/mol. The molecule has 82 valence electrons. The van der Waals surface area contributed by atoms with Crippen molar-refractivity contribution in [3.05, 3.63) is 32.6 Å². The molecule has 0 saturated heterocycles. The third-order valence-electron chi connectivity index (χ3n) is 1.41. The van der Waals surface area contributed by atoms with Crippen LogP contribution < -0.4 is 11.2 Å². The van der Waals surface area contributed by atoms with Crippen molar-refractivity contribution in [2.75, 3.05) is 6.61 Å². The maximum atomic E-state index is 11.0. The van der Waals surface area contributed by atoms with Crippen LogP contribution in [0.5, 0.6) is 0 Å². The Kier molecular flexibility index (Phi) is 5.83. The highest BCUT2D eigenvalue weighted by Crippen LogP contribution is 1.80. The normalized spacial score (nSPS) is 8.27. The summed E-state index contributed by atoms with van der Waals surface area (Å²) in [6.45, 7) is 3.68. The molecule has 2 N–H and O–H groups in total. The van der Waals surface area contributed by atoms with Gasteiger partial charge in [-0.3, -0.25) is 9.78 Å². The number of nitrogens with zero attached hydrogens (tertiary/aromatic N) is 1. The monoisotopic (exact) mass is 210 g/mol. The molecule has 1 rings (SSSR count). The molecule has 1 heterocycles. The van der Waals surface area contributed by atoms with E-state index in [4.69, 9.17) is 5.11 Å². The lowest BCUT2D eigenvalue weighted by Crippen LogP contribution is -2.29. The third-order valence-corrected chi connectivity index (χ3v) is 1.41. The number of rotatable bonds is 0. The van der Waals surface area contributed by atoms with Crippen LogP contribution in [0.1, 0.15) is 19.4 Å². The summed E-state index contributed by atoms with van der Waals surface area (Å²) in [6, 6.07) is 0. The Morgan fingerprint density at radius 3 is 2.60 bits per heavy atom. The summed E-state index contributed by atoms with van der Waals surface area (Å²) in [5.74, 6) is 4.75. The average Bonchev–Trinajstić information content (AvgIpc) is 2.24. The van der Waals surface area contributed by atoms with Gasteiger partial charge < -0.3 is 9.67 Å². The molecule has 0 spiro atoms. The van der Waals surface area contributed by atoms with Crippen LogP contribution in [0.15, 0.2) is 15.8 Å². The molecule has 1 aromatic heterocycles. The third kappa shape index (κ3) is 3.83. The fraction of sp³-hybridized carbons (Fsp3) is 0.400. The maximum Gasteiger partial charge on any atom is 0.328 e. The van der Waals surface area contributed by atoms with E-state index in [1.165, 1.54) is 17.8 Å². The van der Waals surface area contributed by atoms with Gasteiger partial charge in [0.1, 0.15) is 12.2 Å². The number of aliphatic hydroxyl groups excluding tert-OH is 1. The summed E-state index contributed by atoms with van der Waals surface area (Å²) in [5.41, 5.74) is -0.861. The van der Waals surface area contributed by atoms with E-state index in [1.54, 1.807) is 0 Å². The second-order valence-electron chi connectivity index (χ2n) is 2.37. The van der Waals surface area contributed by atoms with Crippen molar-refractivity contribution in [1.29, 1.82) is 0 Å². The van der Waals surface area contributed by atoms with Gasteiger partial charge in [0, 0.05) is 13.2 Å². The van der Waals surface area contributed by atoms with Crippen LogP contribution in [-0.2, 0) is 7.05 Å². The Labute approximate surface area is 87.4 Å². The van der Waals surface area contributed by atoms with E-state index < -0.39 is 11.2 Å². The van der Waals surface area contributed by atoms with Crippen molar-refractivity contribution in [2.45, 2.75) is 13.8 Å². The number of aliphatic hydroxyl groups is 1. The molecule has 0 amide bonds. The summed E-state index contributed by atoms with van der Waals surface area (Å²) in [5, 5.41) is 8.39. The van der Waals surface area contributed by atoms with Gasteiger partial charge >= 0.3 is 5.69 Å². The standard InChI is InChI=1S/C8H8N2O3.C2H6/c1-10-5-6(3-2-4-11)7(12)9-8(10)13;1-2/h5,11H,4H2,1H3,(H,9,12,13);1-2H3. The minimum Gasteiger partial charge on any atom is -0.384 e. The Hall–Kier alpha value is -1.80. The molecular weight excluding hydrogens is 196 g/mol. The van der Waals surface area contributed by atoms with Crippen molar-refractivity contribution in [1.82, 2.24) is 9.55 Å². The molecule has 0 unspecified atom stereocenters. The summed E-state index contributed by atoms with van der Waals surface area (Å²) < 4.78 is 1.21. The van der Waals surface area contributed by atoms with Crippen LogP contribution in [0.4, 0.5) is 0 Å². The average molecular weight is 210 g/mol. The molecule has 5 heteroatoms. The van der Waals surface area contributed by atoms with Gasteiger partial charge in [-0.1, -0.05) is 25.7 Å². The zero-order valence-electron chi connectivity index (χ0n) is 9.00. The second kappa shape index (κ2) is 6.62. The molecule has 0 aliphatic heterocycles. The lowest BCUT2D eigenvalue weighted by Gasteiger charge is -1.94. The topological polar surface area (TPSA) is 75.1 Å². The molecule has 15 heavy (non-hydrogen) atoms. The van der Waals surface area contributed by atoms with Crippen molar-refractivity contribution in [3.63, 3.8) is 0 Å². The lowest BCUT2D eigenvalue weighted by molar-refractivity contribution is 0.350. The van der Waals surface area contributed by atoms with Gasteiger partial charge in [-0.15, -0.1) is 0 Å². The molecular formula is C10H14N2O3. The molecule has 0 fully saturated rings. The SMILES string of the molecule is CC.Cn1cc(C#CCO)c(=O)[nH]c1=O. The number of nitrogens with one attached hydrogen (secondary N) is 1. The summed E-state index contributed by atoms with van der Waals surface area (Å²) in [6.07, 6.45) is 1.32. The molecule has 1 aromatic rings. The van der Waals surface area contributed by atoms with E-state index in [9.17, 15) is 9.59 Å². The van der Waals surface area contributed by atoms with E-state index in [0.29, 0.717) is 0 Å². The fourth-order valence-electron chi connectivity index (χ4n) is 0.787. The van der Waals surface area contributed by atoms with Gasteiger partial charge in [0.05, 0.1) is 0 Å². The number of aromatic nitrogens is 2. The second-order valence-corrected chi connectivity index (χ2v) is 2.37. The zero-order valence-corrected chi connectivity index (χ0v) is 9.00. The molecule has 0 aromatic carbocycles. The van der Waals surface area contributed by atoms with Crippen LogP contribution in [-0.4, -0.2) is 21.3 Å². The van der Waals surface area contributed by atoms with Crippen molar-refractivity contribution >= 4 is 0 Å². The maximum absolute atomic E-state index is 11.0. The van der Waals surface area contributed by atoms with Gasteiger partial charge in [-0.2, -0.15) is 0 Å².